The average Bonchev–Trinajstić information content (AvgIpc) is 2.55. The molecule has 0 radical (unpaired) electrons. The number of nitrogens with zero attached hydrogens (tertiary/aromatic N) is 2. The maximum absolute atomic E-state index is 12.2. The quantitative estimate of drug-likeness (QED) is 0.782. The first-order valence-electron chi connectivity index (χ1n) is 5.89. The third-order valence-corrected chi connectivity index (χ3v) is 3.15. The molecule has 1 aromatic rings. The smallest absolute Gasteiger partial charge is 0.254 e. The molecule has 2 rings (SSSR count). The Kier molecular flexibility index (Phi) is 3.84. The molecule has 0 saturated carbocycles. The van der Waals surface area contributed by atoms with E-state index >= 15 is 0 Å². The number of aromatic nitrogens is 1. The second kappa shape index (κ2) is 5.36. The van der Waals surface area contributed by atoms with Crippen molar-refractivity contribution in [1.29, 1.82) is 0 Å². The number of likely N-dealkylation sites (tertiary alicyclic amines) is 1. The standard InChI is InChI=1S/C12H16ClN3O/c13-10-7-9(8-11(14)15-10)12(17)16-5-3-1-2-4-6-16/h7-8H,1-6H2,(H2,14,15). The fraction of sp³-hybridized carbons (Fsp3) is 0.500. The van der Waals surface area contributed by atoms with E-state index in [1.54, 1.807) is 12.1 Å². The lowest BCUT2D eigenvalue weighted by atomic mass is 10.2. The van der Waals surface area contributed by atoms with Crippen molar-refractivity contribution >= 4 is 23.3 Å². The molecule has 1 amide bonds. The Morgan fingerprint density at radius 3 is 2.47 bits per heavy atom. The molecule has 5 heteroatoms. The predicted molar refractivity (Wildman–Crippen MR) is 68.0 cm³/mol. The van der Waals surface area contributed by atoms with Crippen molar-refractivity contribution < 1.29 is 4.79 Å². The van der Waals surface area contributed by atoms with Gasteiger partial charge in [-0.25, -0.2) is 4.98 Å². The number of pyridine rings is 1. The molecule has 0 aliphatic carbocycles. The summed E-state index contributed by atoms with van der Waals surface area (Å²) in [6.45, 7) is 1.64. The van der Waals surface area contributed by atoms with Crippen molar-refractivity contribution in [2.75, 3.05) is 18.8 Å². The van der Waals surface area contributed by atoms with Gasteiger partial charge in [0.2, 0.25) is 0 Å². The van der Waals surface area contributed by atoms with Crippen LogP contribution in [0.4, 0.5) is 5.82 Å². The highest BCUT2D eigenvalue weighted by Gasteiger charge is 2.18. The van der Waals surface area contributed by atoms with Crippen LogP contribution in [-0.2, 0) is 0 Å². The van der Waals surface area contributed by atoms with Gasteiger partial charge in [0.05, 0.1) is 0 Å². The Balaban J connectivity index is 2.17. The lowest BCUT2D eigenvalue weighted by Crippen LogP contribution is -2.31. The molecule has 2 N–H and O–H groups in total. The van der Waals surface area contributed by atoms with E-state index in [-0.39, 0.29) is 16.9 Å². The van der Waals surface area contributed by atoms with Crippen LogP contribution in [0.1, 0.15) is 36.0 Å². The summed E-state index contributed by atoms with van der Waals surface area (Å²) in [4.78, 5) is 18.0. The summed E-state index contributed by atoms with van der Waals surface area (Å²) >= 11 is 5.80. The minimum absolute atomic E-state index is 0.00269. The molecule has 1 fully saturated rings. The van der Waals surface area contributed by atoms with Crippen molar-refractivity contribution in [3.05, 3.63) is 22.8 Å². The van der Waals surface area contributed by atoms with Gasteiger partial charge < -0.3 is 10.6 Å². The van der Waals surface area contributed by atoms with Gasteiger partial charge in [-0.2, -0.15) is 0 Å². The fourth-order valence-corrected chi connectivity index (χ4v) is 2.31. The predicted octanol–water partition coefficient (Wildman–Crippen LogP) is 2.33. The maximum Gasteiger partial charge on any atom is 0.254 e. The van der Waals surface area contributed by atoms with Crippen LogP contribution in [0.5, 0.6) is 0 Å². The van der Waals surface area contributed by atoms with Crippen LogP contribution in [0.25, 0.3) is 0 Å². The Labute approximate surface area is 106 Å². The van der Waals surface area contributed by atoms with Crippen molar-refractivity contribution in [3.8, 4) is 0 Å². The lowest BCUT2D eigenvalue weighted by molar-refractivity contribution is 0.0761. The highest BCUT2D eigenvalue weighted by atomic mass is 35.5. The van der Waals surface area contributed by atoms with Gasteiger partial charge in [0, 0.05) is 18.7 Å². The average molecular weight is 254 g/mol. The molecule has 1 aliphatic heterocycles. The SMILES string of the molecule is Nc1cc(C(=O)N2CCCCCC2)cc(Cl)n1. The first-order valence-corrected chi connectivity index (χ1v) is 6.27. The Morgan fingerprint density at radius 1 is 1.24 bits per heavy atom. The molecule has 0 bridgehead atoms. The Hall–Kier alpha value is -1.29. The highest BCUT2D eigenvalue weighted by molar-refractivity contribution is 6.29. The minimum Gasteiger partial charge on any atom is -0.384 e. The largest absolute Gasteiger partial charge is 0.384 e. The van der Waals surface area contributed by atoms with E-state index in [2.05, 4.69) is 4.98 Å². The number of carbonyl (C=O) groups excluding carboxylic acids is 1. The zero-order chi connectivity index (χ0) is 12.3. The van der Waals surface area contributed by atoms with E-state index in [9.17, 15) is 4.79 Å². The molecule has 0 spiro atoms. The Bertz CT molecular complexity index is 394. The van der Waals surface area contributed by atoms with E-state index in [4.69, 9.17) is 17.3 Å². The van der Waals surface area contributed by atoms with Gasteiger partial charge in [-0.3, -0.25) is 4.79 Å². The summed E-state index contributed by atoms with van der Waals surface area (Å²) in [6.07, 6.45) is 4.53. The van der Waals surface area contributed by atoms with Crippen LogP contribution in [-0.4, -0.2) is 28.9 Å². The monoisotopic (exact) mass is 253 g/mol. The van der Waals surface area contributed by atoms with E-state index < -0.39 is 0 Å². The number of nitrogens with two attached hydrogens (primary N) is 1. The van der Waals surface area contributed by atoms with Crippen LogP contribution < -0.4 is 5.73 Å². The summed E-state index contributed by atoms with van der Waals surface area (Å²) in [7, 11) is 0. The third kappa shape index (κ3) is 3.09. The normalized spacial score (nSPS) is 16.6. The lowest BCUT2D eigenvalue weighted by Gasteiger charge is -2.20. The topological polar surface area (TPSA) is 59.2 Å². The summed E-state index contributed by atoms with van der Waals surface area (Å²) < 4.78 is 0. The van der Waals surface area contributed by atoms with Crippen molar-refractivity contribution in [2.45, 2.75) is 25.7 Å². The van der Waals surface area contributed by atoms with Gasteiger partial charge in [-0.05, 0) is 25.0 Å². The zero-order valence-electron chi connectivity index (χ0n) is 9.66. The van der Waals surface area contributed by atoms with Crippen LogP contribution in [0.2, 0.25) is 5.15 Å². The van der Waals surface area contributed by atoms with E-state index in [0.29, 0.717) is 5.56 Å². The number of rotatable bonds is 1. The first-order chi connectivity index (χ1) is 8.16. The first kappa shape index (κ1) is 12.2. The van der Waals surface area contributed by atoms with Gasteiger partial charge in [-0.1, -0.05) is 24.4 Å². The summed E-state index contributed by atoms with van der Waals surface area (Å²) in [5, 5.41) is 0.267. The van der Waals surface area contributed by atoms with Crippen LogP contribution in [0.3, 0.4) is 0 Å². The number of halogens is 1. The molecule has 0 atom stereocenters. The van der Waals surface area contributed by atoms with Gasteiger partial charge in [0.1, 0.15) is 11.0 Å². The number of nitrogen functional groups attached to an aromatic ring is 1. The molecular formula is C12H16ClN3O. The van der Waals surface area contributed by atoms with Gasteiger partial charge in [0.25, 0.3) is 5.91 Å². The van der Waals surface area contributed by atoms with Crippen molar-refractivity contribution in [3.63, 3.8) is 0 Å². The highest BCUT2D eigenvalue weighted by Crippen LogP contribution is 2.17. The molecule has 4 nitrogen and oxygen atoms in total. The maximum atomic E-state index is 12.2. The zero-order valence-corrected chi connectivity index (χ0v) is 10.4. The van der Waals surface area contributed by atoms with Crippen LogP contribution in [0.15, 0.2) is 12.1 Å². The summed E-state index contributed by atoms with van der Waals surface area (Å²) in [5.41, 5.74) is 6.12. The second-order valence-corrected chi connectivity index (χ2v) is 4.70. The number of hydrogen-bond acceptors (Lipinski definition) is 3. The summed E-state index contributed by atoms with van der Waals surface area (Å²) in [5.74, 6) is 0.290. The third-order valence-electron chi connectivity index (χ3n) is 2.95. The van der Waals surface area contributed by atoms with E-state index in [0.717, 1.165) is 25.9 Å². The minimum atomic E-state index is 0.00269. The number of hydrogen-bond donors (Lipinski definition) is 1. The molecular weight excluding hydrogens is 238 g/mol. The molecule has 0 aromatic carbocycles. The van der Waals surface area contributed by atoms with Gasteiger partial charge in [-0.15, -0.1) is 0 Å². The molecule has 1 aromatic heterocycles. The molecule has 1 aliphatic rings. The van der Waals surface area contributed by atoms with Gasteiger partial charge in [0.15, 0.2) is 0 Å². The number of anilines is 1. The number of carbonyl (C=O) groups is 1. The molecule has 17 heavy (non-hydrogen) atoms. The van der Waals surface area contributed by atoms with Crippen molar-refractivity contribution in [2.24, 2.45) is 0 Å². The van der Waals surface area contributed by atoms with Crippen molar-refractivity contribution in [1.82, 2.24) is 9.88 Å². The Morgan fingerprint density at radius 2 is 1.88 bits per heavy atom. The molecule has 1 saturated heterocycles. The molecule has 2 heterocycles. The van der Waals surface area contributed by atoms with E-state index in [1.165, 1.54) is 12.8 Å². The fourth-order valence-electron chi connectivity index (χ4n) is 2.10. The van der Waals surface area contributed by atoms with Crippen LogP contribution in [0, 0.1) is 0 Å². The van der Waals surface area contributed by atoms with Gasteiger partial charge >= 0.3 is 0 Å². The van der Waals surface area contributed by atoms with Crippen LogP contribution >= 0.6 is 11.6 Å². The second-order valence-electron chi connectivity index (χ2n) is 4.31. The molecule has 92 valence electrons. The summed E-state index contributed by atoms with van der Waals surface area (Å²) in [6, 6.07) is 3.16. The number of amides is 1. The van der Waals surface area contributed by atoms with E-state index in [1.807, 2.05) is 4.90 Å². The molecule has 0 unspecified atom stereocenters.